The van der Waals surface area contributed by atoms with Crippen LogP contribution in [0.3, 0.4) is 0 Å². The number of halogens is 3. The van der Waals surface area contributed by atoms with Crippen LogP contribution >= 0.6 is 27.5 Å². The number of anilines is 1. The topological polar surface area (TPSA) is 47.3 Å². The normalized spacial score (nSPS) is 12.0. The molecule has 2 aromatic rings. The van der Waals surface area contributed by atoms with Gasteiger partial charge in [-0.3, -0.25) is 0 Å². The summed E-state index contributed by atoms with van der Waals surface area (Å²) in [6, 6.07) is 9.93. The maximum atomic E-state index is 13.4. The van der Waals surface area contributed by atoms with E-state index in [4.69, 9.17) is 22.1 Å². The van der Waals surface area contributed by atoms with Crippen molar-refractivity contribution in [2.24, 2.45) is 5.73 Å². The van der Waals surface area contributed by atoms with E-state index >= 15 is 0 Å². The van der Waals surface area contributed by atoms with Crippen LogP contribution in [-0.4, -0.2) is 13.7 Å². The summed E-state index contributed by atoms with van der Waals surface area (Å²) < 4.78 is 19.3. The van der Waals surface area contributed by atoms with Gasteiger partial charge < -0.3 is 15.8 Å². The molecule has 2 aromatic carbocycles. The predicted molar refractivity (Wildman–Crippen MR) is 87.5 cm³/mol. The average Bonchev–Trinajstić information content (AvgIpc) is 2.49. The van der Waals surface area contributed by atoms with Gasteiger partial charge in [-0.1, -0.05) is 27.5 Å². The molecule has 3 N–H and O–H groups in total. The second kappa shape index (κ2) is 7.11. The summed E-state index contributed by atoms with van der Waals surface area (Å²) in [4.78, 5) is 0. The van der Waals surface area contributed by atoms with Crippen molar-refractivity contribution in [3.63, 3.8) is 0 Å². The van der Waals surface area contributed by atoms with Gasteiger partial charge >= 0.3 is 0 Å². The maximum absolute atomic E-state index is 13.4. The third-order valence-electron chi connectivity index (χ3n) is 3.06. The van der Waals surface area contributed by atoms with Crippen molar-refractivity contribution >= 4 is 33.2 Å². The third-order valence-corrected chi connectivity index (χ3v) is 4.02. The van der Waals surface area contributed by atoms with Gasteiger partial charge in [-0.15, -0.1) is 0 Å². The second-order valence-electron chi connectivity index (χ2n) is 4.45. The number of rotatable bonds is 5. The molecule has 0 bridgehead atoms. The van der Waals surface area contributed by atoms with E-state index in [9.17, 15) is 4.39 Å². The first-order chi connectivity index (χ1) is 10.0. The molecule has 0 radical (unpaired) electrons. The molecule has 3 nitrogen and oxygen atoms in total. The highest BCUT2D eigenvalue weighted by atomic mass is 79.9. The molecule has 0 spiro atoms. The van der Waals surface area contributed by atoms with Crippen molar-refractivity contribution in [3.05, 3.63) is 57.3 Å². The van der Waals surface area contributed by atoms with Gasteiger partial charge in [0.1, 0.15) is 0 Å². The first-order valence-electron chi connectivity index (χ1n) is 6.30. The molecule has 21 heavy (non-hydrogen) atoms. The smallest absolute Gasteiger partial charge is 0.165 e. The van der Waals surface area contributed by atoms with Crippen molar-refractivity contribution < 1.29 is 9.13 Å². The van der Waals surface area contributed by atoms with Crippen molar-refractivity contribution in [3.8, 4) is 5.75 Å². The molecule has 1 unspecified atom stereocenters. The van der Waals surface area contributed by atoms with Crippen LogP contribution in [0.2, 0.25) is 5.02 Å². The number of methoxy groups -OCH3 is 1. The van der Waals surface area contributed by atoms with E-state index in [0.29, 0.717) is 11.6 Å². The molecule has 6 heteroatoms. The van der Waals surface area contributed by atoms with Crippen LogP contribution in [0, 0.1) is 5.82 Å². The van der Waals surface area contributed by atoms with Crippen molar-refractivity contribution in [1.82, 2.24) is 0 Å². The number of benzene rings is 2. The molecule has 1 atom stereocenters. The van der Waals surface area contributed by atoms with Gasteiger partial charge in [-0.25, -0.2) is 4.39 Å². The van der Waals surface area contributed by atoms with Crippen LogP contribution in [0.5, 0.6) is 5.75 Å². The summed E-state index contributed by atoms with van der Waals surface area (Å²) in [5.41, 5.74) is 7.50. The molecule has 0 aliphatic heterocycles. The number of nitrogens with two attached hydrogens (primary N) is 1. The first-order valence-corrected chi connectivity index (χ1v) is 7.47. The fourth-order valence-corrected chi connectivity index (χ4v) is 2.70. The molecule has 0 amide bonds. The van der Waals surface area contributed by atoms with Crippen molar-refractivity contribution in [2.45, 2.75) is 6.04 Å². The van der Waals surface area contributed by atoms with Crippen molar-refractivity contribution in [1.29, 1.82) is 0 Å². The molecule has 112 valence electrons. The van der Waals surface area contributed by atoms with Gasteiger partial charge in [0.05, 0.1) is 13.2 Å². The number of hydrogen-bond donors (Lipinski definition) is 2. The molecular formula is C15H15BrClFN2O. The van der Waals surface area contributed by atoms with Gasteiger partial charge in [-0.05, 0) is 35.9 Å². The Hall–Kier alpha value is -1.30. The molecule has 0 aliphatic rings. The number of nitrogens with one attached hydrogen (secondary N) is 1. The zero-order valence-corrected chi connectivity index (χ0v) is 13.7. The van der Waals surface area contributed by atoms with E-state index in [1.54, 1.807) is 18.2 Å². The molecule has 0 heterocycles. The van der Waals surface area contributed by atoms with E-state index in [0.717, 1.165) is 15.7 Å². The average molecular weight is 374 g/mol. The highest BCUT2D eigenvalue weighted by molar-refractivity contribution is 9.10. The fraction of sp³-hybridized carbons (Fsp3) is 0.200. The monoisotopic (exact) mass is 372 g/mol. The molecule has 0 aromatic heterocycles. The van der Waals surface area contributed by atoms with Gasteiger partial charge in [0.25, 0.3) is 0 Å². The van der Waals surface area contributed by atoms with E-state index in [1.807, 2.05) is 12.1 Å². The number of hydrogen-bond acceptors (Lipinski definition) is 3. The van der Waals surface area contributed by atoms with Gasteiger partial charge in [0, 0.05) is 27.8 Å². The van der Waals surface area contributed by atoms with Gasteiger partial charge in [0.2, 0.25) is 0 Å². The Bertz CT molecular complexity index is 639. The van der Waals surface area contributed by atoms with Gasteiger partial charge in [0.15, 0.2) is 11.6 Å². The summed E-state index contributed by atoms with van der Waals surface area (Å²) >= 11 is 9.52. The fourth-order valence-electron chi connectivity index (χ4n) is 2.00. The molecule has 0 fully saturated rings. The third kappa shape index (κ3) is 3.87. The van der Waals surface area contributed by atoms with E-state index in [-0.39, 0.29) is 11.8 Å². The van der Waals surface area contributed by atoms with Crippen LogP contribution in [0.15, 0.2) is 40.9 Å². The lowest BCUT2D eigenvalue weighted by atomic mass is 10.1. The lowest BCUT2D eigenvalue weighted by Crippen LogP contribution is -2.21. The minimum absolute atomic E-state index is 0.159. The molecule has 2 rings (SSSR count). The SMILES string of the molecule is COc1cc(NC(CN)c2cc(Cl)ccc2Br)ccc1F. The summed E-state index contributed by atoms with van der Waals surface area (Å²) in [5.74, 6) is -0.225. The van der Waals surface area contributed by atoms with Crippen LogP contribution < -0.4 is 15.8 Å². The summed E-state index contributed by atoms with van der Waals surface area (Å²) in [6.45, 7) is 0.360. The molecule has 0 saturated carbocycles. The van der Waals surface area contributed by atoms with E-state index < -0.39 is 5.82 Å². The Balaban J connectivity index is 2.29. The number of ether oxygens (including phenoxy) is 1. The van der Waals surface area contributed by atoms with Crippen LogP contribution in [0.1, 0.15) is 11.6 Å². The maximum Gasteiger partial charge on any atom is 0.165 e. The lowest BCUT2D eigenvalue weighted by molar-refractivity contribution is 0.386. The quantitative estimate of drug-likeness (QED) is 0.818. The Labute approximate surface area is 136 Å². The largest absolute Gasteiger partial charge is 0.494 e. The second-order valence-corrected chi connectivity index (χ2v) is 5.74. The lowest BCUT2D eigenvalue weighted by Gasteiger charge is -2.20. The minimum atomic E-state index is -0.406. The van der Waals surface area contributed by atoms with Crippen LogP contribution in [0.25, 0.3) is 0 Å². The van der Waals surface area contributed by atoms with Crippen LogP contribution in [-0.2, 0) is 0 Å². The zero-order chi connectivity index (χ0) is 15.4. The van der Waals surface area contributed by atoms with Crippen molar-refractivity contribution in [2.75, 3.05) is 19.0 Å². The minimum Gasteiger partial charge on any atom is -0.494 e. The predicted octanol–water partition coefficient (Wildman–Crippen LogP) is 4.36. The van der Waals surface area contributed by atoms with E-state index in [1.165, 1.54) is 13.2 Å². The summed E-state index contributed by atoms with van der Waals surface area (Å²) in [7, 11) is 1.43. The Kier molecular flexibility index (Phi) is 5.45. The Morgan fingerprint density at radius 2 is 2.10 bits per heavy atom. The van der Waals surface area contributed by atoms with Crippen LogP contribution in [0.4, 0.5) is 10.1 Å². The summed E-state index contributed by atoms with van der Waals surface area (Å²) in [5, 5.41) is 3.88. The standard InChI is InChI=1S/C15H15BrClFN2O/c1-21-15-7-10(3-5-13(15)18)20-14(8-19)11-6-9(17)2-4-12(11)16/h2-7,14,20H,8,19H2,1H3. The van der Waals surface area contributed by atoms with E-state index in [2.05, 4.69) is 21.2 Å². The van der Waals surface area contributed by atoms with Gasteiger partial charge in [-0.2, -0.15) is 0 Å². The molecule has 0 aliphatic carbocycles. The Morgan fingerprint density at radius 1 is 1.33 bits per heavy atom. The molecule has 0 saturated heterocycles. The summed E-state index contributed by atoms with van der Waals surface area (Å²) in [6.07, 6.45) is 0. The highest BCUT2D eigenvalue weighted by Crippen LogP contribution is 2.30. The highest BCUT2D eigenvalue weighted by Gasteiger charge is 2.14. The zero-order valence-electron chi connectivity index (χ0n) is 11.4. The first kappa shape index (κ1) is 16.1. The molecular weight excluding hydrogens is 359 g/mol. The Morgan fingerprint density at radius 3 is 2.76 bits per heavy atom.